The van der Waals surface area contributed by atoms with Gasteiger partial charge in [0.2, 0.25) is 5.91 Å². The molecular weight excluding hydrogens is 256 g/mol. The van der Waals surface area contributed by atoms with E-state index in [1.54, 1.807) is 11.8 Å². The highest BCUT2D eigenvalue weighted by Gasteiger charge is 2.43. The molecule has 20 heavy (non-hydrogen) atoms. The minimum Gasteiger partial charge on any atom is -0.480 e. The van der Waals surface area contributed by atoms with Crippen molar-refractivity contribution in [3.8, 4) is 0 Å². The maximum Gasteiger partial charge on any atom is 0.329 e. The molecule has 5 heteroatoms. The SMILES string of the molecule is CC1(C(=O)O)CCCCN1C(=O)CCC1CCCNC1. The Hall–Kier alpha value is -1.10. The van der Waals surface area contributed by atoms with Gasteiger partial charge in [0.15, 0.2) is 0 Å². The number of piperidine rings is 2. The molecule has 2 atom stereocenters. The summed E-state index contributed by atoms with van der Waals surface area (Å²) >= 11 is 0. The van der Waals surface area contributed by atoms with Gasteiger partial charge in [-0.15, -0.1) is 0 Å². The van der Waals surface area contributed by atoms with E-state index in [2.05, 4.69) is 5.32 Å². The summed E-state index contributed by atoms with van der Waals surface area (Å²) in [5, 5.41) is 12.8. The van der Waals surface area contributed by atoms with Crippen LogP contribution >= 0.6 is 0 Å². The van der Waals surface area contributed by atoms with Crippen molar-refractivity contribution in [2.45, 2.75) is 57.4 Å². The molecule has 1 amide bonds. The number of likely N-dealkylation sites (tertiary alicyclic amines) is 1. The van der Waals surface area contributed by atoms with Gasteiger partial charge in [0.05, 0.1) is 0 Å². The maximum atomic E-state index is 12.4. The third-order valence-electron chi connectivity index (χ3n) is 4.82. The number of carboxylic acid groups (broad SMARTS) is 1. The summed E-state index contributed by atoms with van der Waals surface area (Å²) in [6.07, 6.45) is 6.08. The van der Waals surface area contributed by atoms with Crippen LogP contribution in [0.25, 0.3) is 0 Å². The molecule has 0 aromatic rings. The second-order valence-electron chi connectivity index (χ2n) is 6.33. The number of rotatable bonds is 4. The van der Waals surface area contributed by atoms with Gasteiger partial charge in [0.1, 0.15) is 5.54 Å². The van der Waals surface area contributed by atoms with Crippen LogP contribution in [0, 0.1) is 5.92 Å². The van der Waals surface area contributed by atoms with Crippen LogP contribution in [0.3, 0.4) is 0 Å². The van der Waals surface area contributed by atoms with Gasteiger partial charge in [-0.05, 0) is 64.5 Å². The van der Waals surface area contributed by atoms with E-state index in [0.717, 1.165) is 32.4 Å². The predicted octanol–water partition coefficient (Wildman–Crippen LogP) is 1.62. The number of nitrogens with one attached hydrogen (secondary N) is 1. The third kappa shape index (κ3) is 3.32. The number of carboxylic acids is 1. The number of carbonyl (C=O) groups excluding carboxylic acids is 1. The van der Waals surface area contributed by atoms with Gasteiger partial charge in [-0.1, -0.05) is 0 Å². The van der Waals surface area contributed by atoms with E-state index >= 15 is 0 Å². The quantitative estimate of drug-likeness (QED) is 0.822. The van der Waals surface area contributed by atoms with Crippen molar-refractivity contribution in [2.75, 3.05) is 19.6 Å². The fourth-order valence-electron chi connectivity index (χ4n) is 3.38. The minimum absolute atomic E-state index is 0.0140. The lowest BCUT2D eigenvalue weighted by atomic mass is 9.87. The molecule has 2 aliphatic rings. The maximum absolute atomic E-state index is 12.4. The van der Waals surface area contributed by atoms with E-state index in [1.165, 1.54) is 12.8 Å². The largest absolute Gasteiger partial charge is 0.480 e. The molecule has 2 N–H and O–H groups in total. The summed E-state index contributed by atoms with van der Waals surface area (Å²) in [4.78, 5) is 25.5. The Kier molecular flexibility index (Phi) is 5.02. The molecule has 2 saturated heterocycles. The number of aliphatic carboxylic acids is 1. The van der Waals surface area contributed by atoms with Crippen LogP contribution in [0.4, 0.5) is 0 Å². The van der Waals surface area contributed by atoms with Crippen molar-refractivity contribution in [3.05, 3.63) is 0 Å². The molecule has 2 heterocycles. The second kappa shape index (κ2) is 6.57. The van der Waals surface area contributed by atoms with E-state index in [-0.39, 0.29) is 5.91 Å². The first-order chi connectivity index (χ1) is 9.54. The Bertz CT molecular complexity index is 366. The van der Waals surface area contributed by atoms with Crippen molar-refractivity contribution in [1.82, 2.24) is 10.2 Å². The van der Waals surface area contributed by atoms with E-state index in [9.17, 15) is 14.7 Å². The highest BCUT2D eigenvalue weighted by atomic mass is 16.4. The molecule has 0 aliphatic carbocycles. The minimum atomic E-state index is -1.000. The summed E-state index contributed by atoms with van der Waals surface area (Å²) in [7, 11) is 0. The Morgan fingerprint density at radius 2 is 2.15 bits per heavy atom. The van der Waals surface area contributed by atoms with Gasteiger partial charge in [-0.3, -0.25) is 4.79 Å². The van der Waals surface area contributed by atoms with Gasteiger partial charge in [0, 0.05) is 13.0 Å². The molecule has 0 bridgehead atoms. The molecule has 114 valence electrons. The lowest BCUT2D eigenvalue weighted by Gasteiger charge is -2.42. The first kappa shape index (κ1) is 15.3. The fourth-order valence-corrected chi connectivity index (χ4v) is 3.38. The zero-order valence-corrected chi connectivity index (χ0v) is 12.4. The molecule has 0 radical (unpaired) electrons. The normalized spacial score (nSPS) is 31.1. The molecule has 2 fully saturated rings. The van der Waals surface area contributed by atoms with Crippen LogP contribution < -0.4 is 5.32 Å². The summed E-state index contributed by atoms with van der Waals surface area (Å²) < 4.78 is 0. The van der Waals surface area contributed by atoms with Crippen LogP contribution in [0.15, 0.2) is 0 Å². The molecule has 2 unspecified atom stereocenters. The van der Waals surface area contributed by atoms with Crippen molar-refractivity contribution in [1.29, 1.82) is 0 Å². The molecule has 5 nitrogen and oxygen atoms in total. The third-order valence-corrected chi connectivity index (χ3v) is 4.82. The summed E-state index contributed by atoms with van der Waals surface area (Å²) in [5.41, 5.74) is -1.000. The van der Waals surface area contributed by atoms with Gasteiger partial charge in [0.25, 0.3) is 0 Å². The summed E-state index contributed by atoms with van der Waals surface area (Å²) in [6.45, 7) is 4.34. The number of hydrogen-bond acceptors (Lipinski definition) is 3. The van der Waals surface area contributed by atoms with E-state index in [0.29, 0.717) is 25.3 Å². The first-order valence-electron chi connectivity index (χ1n) is 7.78. The highest BCUT2D eigenvalue weighted by Crippen LogP contribution is 2.29. The zero-order valence-electron chi connectivity index (χ0n) is 12.4. The number of amides is 1. The number of carbonyl (C=O) groups is 2. The van der Waals surface area contributed by atoms with Crippen LogP contribution in [-0.4, -0.2) is 47.1 Å². The van der Waals surface area contributed by atoms with Crippen LogP contribution in [0.1, 0.15) is 51.9 Å². The Morgan fingerprint density at radius 3 is 2.80 bits per heavy atom. The predicted molar refractivity (Wildman–Crippen MR) is 76.4 cm³/mol. The van der Waals surface area contributed by atoms with Crippen LogP contribution in [0.5, 0.6) is 0 Å². The molecule has 0 spiro atoms. The molecule has 0 aromatic carbocycles. The van der Waals surface area contributed by atoms with Gasteiger partial charge in [-0.25, -0.2) is 4.79 Å². The lowest BCUT2D eigenvalue weighted by Crippen LogP contribution is -2.57. The first-order valence-corrected chi connectivity index (χ1v) is 7.78. The second-order valence-corrected chi connectivity index (χ2v) is 6.33. The molecular formula is C15H26N2O3. The number of nitrogens with zero attached hydrogens (tertiary/aromatic N) is 1. The van der Waals surface area contributed by atoms with Crippen molar-refractivity contribution >= 4 is 11.9 Å². The fraction of sp³-hybridized carbons (Fsp3) is 0.867. The molecule has 0 saturated carbocycles. The van der Waals surface area contributed by atoms with Crippen LogP contribution in [-0.2, 0) is 9.59 Å². The van der Waals surface area contributed by atoms with E-state index in [4.69, 9.17) is 0 Å². The Morgan fingerprint density at radius 1 is 1.35 bits per heavy atom. The van der Waals surface area contributed by atoms with Gasteiger partial charge in [-0.2, -0.15) is 0 Å². The van der Waals surface area contributed by atoms with Gasteiger partial charge >= 0.3 is 5.97 Å². The lowest BCUT2D eigenvalue weighted by molar-refractivity contribution is -0.161. The van der Waals surface area contributed by atoms with E-state index < -0.39 is 11.5 Å². The Labute approximate surface area is 120 Å². The topological polar surface area (TPSA) is 69.6 Å². The van der Waals surface area contributed by atoms with E-state index in [1.807, 2.05) is 0 Å². The smallest absolute Gasteiger partial charge is 0.329 e. The average Bonchev–Trinajstić information content (AvgIpc) is 2.46. The highest BCUT2D eigenvalue weighted by molar-refractivity contribution is 5.87. The monoisotopic (exact) mass is 282 g/mol. The summed E-state index contributed by atoms with van der Waals surface area (Å²) in [6, 6.07) is 0. The zero-order chi connectivity index (χ0) is 14.6. The molecule has 0 aromatic heterocycles. The molecule has 2 aliphatic heterocycles. The van der Waals surface area contributed by atoms with Crippen LogP contribution in [0.2, 0.25) is 0 Å². The van der Waals surface area contributed by atoms with Crippen molar-refractivity contribution < 1.29 is 14.7 Å². The standard InChI is InChI=1S/C15H26N2O3/c1-15(14(19)20)8-2-3-10-17(15)13(18)7-6-12-5-4-9-16-11-12/h12,16H,2-11H2,1H3,(H,19,20). The van der Waals surface area contributed by atoms with Crippen molar-refractivity contribution in [2.24, 2.45) is 5.92 Å². The average molecular weight is 282 g/mol. The Balaban J connectivity index is 1.90. The molecule has 2 rings (SSSR count). The number of hydrogen-bond donors (Lipinski definition) is 2. The van der Waals surface area contributed by atoms with Gasteiger partial charge < -0.3 is 15.3 Å². The summed E-state index contributed by atoms with van der Waals surface area (Å²) in [5.74, 6) is -0.293. The van der Waals surface area contributed by atoms with Crippen molar-refractivity contribution in [3.63, 3.8) is 0 Å².